The number of pyridine rings is 1. The molecule has 0 unspecified atom stereocenters. The molecule has 1 aromatic carbocycles. The Morgan fingerprint density at radius 3 is 2.71 bits per heavy atom. The molecular weight excluding hydrogens is 356 g/mol. The van der Waals surface area contributed by atoms with Crippen LogP contribution in [0, 0.1) is 0 Å². The fourth-order valence-corrected chi connectivity index (χ4v) is 3.22. The predicted octanol–water partition coefficient (Wildman–Crippen LogP) is 2.81. The average molecular weight is 378 g/mol. The van der Waals surface area contributed by atoms with Crippen LogP contribution in [0.5, 0.6) is 5.88 Å². The molecule has 1 fully saturated rings. The predicted molar refractivity (Wildman–Crippen MR) is 105 cm³/mol. The van der Waals surface area contributed by atoms with Gasteiger partial charge < -0.3 is 14.4 Å². The van der Waals surface area contributed by atoms with E-state index in [1.807, 2.05) is 41.0 Å². The largest absolute Gasteiger partial charge is 0.481 e. The molecule has 0 saturated carbocycles. The van der Waals surface area contributed by atoms with Gasteiger partial charge in [0.1, 0.15) is 11.5 Å². The van der Waals surface area contributed by atoms with Crippen molar-refractivity contribution >= 4 is 5.91 Å². The van der Waals surface area contributed by atoms with E-state index in [2.05, 4.69) is 9.97 Å². The zero-order valence-corrected chi connectivity index (χ0v) is 15.7. The van der Waals surface area contributed by atoms with Gasteiger partial charge in [-0.05, 0) is 24.6 Å². The maximum Gasteiger partial charge on any atom is 0.274 e. The first-order valence-electron chi connectivity index (χ1n) is 9.28. The number of imidazole rings is 1. The molecule has 4 rings (SSSR count). The topological polar surface area (TPSA) is 69.5 Å². The Morgan fingerprint density at radius 1 is 1.11 bits per heavy atom. The van der Waals surface area contributed by atoms with Gasteiger partial charge in [-0.2, -0.15) is 0 Å². The summed E-state index contributed by atoms with van der Waals surface area (Å²) in [6.45, 7) is 2.50. The van der Waals surface area contributed by atoms with Crippen molar-refractivity contribution in [2.45, 2.75) is 6.42 Å². The number of hydrogen-bond acceptors (Lipinski definition) is 5. The van der Waals surface area contributed by atoms with Crippen LogP contribution in [0.3, 0.4) is 0 Å². The van der Waals surface area contributed by atoms with Gasteiger partial charge in [-0.3, -0.25) is 9.36 Å². The Bertz CT molecular complexity index is 930. The summed E-state index contributed by atoms with van der Waals surface area (Å²) < 4.78 is 12.5. The third-order valence-electron chi connectivity index (χ3n) is 4.67. The second-order valence-electron chi connectivity index (χ2n) is 6.50. The summed E-state index contributed by atoms with van der Waals surface area (Å²) in [5.41, 5.74) is 2.15. The molecule has 0 radical (unpaired) electrons. The van der Waals surface area contributed by atoms with E-state index in [0.717, 1.165) is 17.7 Å². The van der Waals surface area contributed by atoms with Crippen LogP contribution in [0.15, 0.2) is 54.9 Å². The monoisotopic (exact) mass is 378 g/mol. The average Bonchev–Trinajstić information content (AvgIpc) is 3.02. The Kier molecular flexibility index (Phi) is 5.34. The number of carbonyl (C=O) groups excluding carboxylic acids is 1. The third-order valence-corrected chi connectivity index (χ3v) is 4.67. The van der Waals surface area contributed by atoms with Crippen LogP contribution >= 0.6 is 0 Å². The van der Waals surface area contributed by atoms with Crippen molar-refractivity contribution in [1.82, 2.24) is 19.4 Å². The van der Waals surface area contributed by atoms with Gasteiger partial charge in [0.05, 0.1) is 13.7 Å². The van der Waals surface area contributed by atoms with Gasteiger partial charge in [0.15, 0.2) is 0 Å². The van der Waals surface area contributed by atoms with Crippen molar-refractivity contribution in [3.8, 4) is 23.0 Å². The first-order chi connectivity index (χ1) is 13.8. The molecule has 0 N–H and O–H groups in total. The highest BCUT2D eigenvalue weighted by Gasteiger charge is 2.22. The van der Waals surface area contributed by atoms with Crippen molar-refractivity contribution in [3.05, 3.63) is 60.6 Å². The molecule has 1 aliphatic heterocycles. The van der Waals surface area contributed by atoms with E-state index in [-0.39, 0.29) is 5.91 Å². The Balaban J connectivity index is 1.74. The van der Waals surface area contributed by atoms with E-state index in [1.54, 1.807) is 30.5 Å². The number of benzene rings is 1. The van der Waals surface area contributed by atoms with E-state index in [9.17, 15) is 4.79 Å². The van der Waals surface area contributed by atoms with Crippen LogP contribution in [0.25, 0.3) is 17.1 Å². The highest BCUT2D eigenvalue weighted by molar-refractivity contribution is 5.93. The molecule has 0 aliphatic carbocycles. The highest BCUT2D eigenvalue weighted by Crippen LogP contribution is 2.24. The van der Waals surface area contributed by atoms with E-state index < -0.39 is 0 Å². The number of methoxy groups -OCH3 is 1. The summed E-state index contributed by atoms with van der Waals surface area (Å²) in [6.07, 6.45) is 4.33. The van der Waals surface area contributed by atoms with Crippen molar-refractivity contribution < 1.29 is 14.3 Å². The second-order valence-corrected chi connectivity index (χ2v) is 6.50. The summed E-state index contributed by atoms with van der Waals surface area (Å²) in [6, 6.07) is 13.5. The minimum Gasteiger partial charge on any atom is -0.481 e. The van der Waals surface area contributed by atoms with E-state index in [0.29, 0.717) is 43.7 Å². The maximum atomic E-state index is 13.0. The SMILES string of the molecule is COc1ccc(-c2nc(C(=O)N3CCCOCC3)cn2-c2ccccc2)cn1. The number of rotatable bonds is 4. The van der Waals surface area contributed by atoms with Gasteiger partial charge in [-0.25, -0.2) is 9.97 Å². The third kappa shape index (κ3) is 3.75. The van der Waals surface area contributed by atoms with E-state index in [1.165, 1.54) is 0 Å². The van der Waals surface area contributed by atoms with E-state index >= 15 is 0 Å². The lowest BCUT2D eigenvalue weighted by Gasteiger charge is -2.17. The van der Waals surface area contributed by atoms with Crippen molar-refractivity contribution in [2.75, 3.05) is 33.4 Å². The molecule has 28 heavy (non-hydrogen) atoms. The summed E-state index contributed by atoms with van der Waals surface area (Å²) >= 11 is 0. The zero-order chi connectivity index (χ0) is 19.3. The minimum absolute atomic E-state index is 0.0806. The van der Waals surface area contributed by atoms with Gasteiger partial charge in [-0.1, -0.05) is 18.2 Å². The van der Waals surface area contributed by atoms with Crippen LogP contribution in [0.1, 0.15) is 16.9 Å². The number of nitrogens with zero attached hydrogens (tertiary/aromatic N) is 4. The second kappa shape index (κ2) is 8.22. The van der Waals surface area contributed by atoms with Crippen LogP contribution in [-0.4, -0.2) is 58.8 Å². The molecule has 0 spiro atoms. The lowest BCUT2D eigenvalue weighted by atomic mass is 10.2. The number of ether oxygens (including phenoxy) is 2. The quantitative estimate of drug-likeness (QED) is 0.698. The smallest absolute Gasteiger partial charge is 0.274 e. The first-order valence-corrected chi connectivity index (χ1v) is 9.28. The molecule has 0 atom stereocenters. The molecule has 0 bridgehead atoms. The summed E-state index contributed by atoms with van der Waals surface area (Å²) in [5, 5.41) is 0. The first kappa shape index (κ1) is 18.2. The minimum atomic E-state index is -0.0806. The number of carbonyl (C=O) groups is 1. The number of para-hydroxylation sites is 1. The van der Waals surface area contributed by atoms with Gasteiger partial charge in [-0.15, -0.1) is 0 Å². The Labute approximate surface area is 163 Å². The summed E-state index contributed by atoms with van der Waals surface area (Å²) in [4.78, 5) is 23.8. The van der Waals surface area contributed by atoms with E-state index in [4.69, 9.17) is 9.47 Å². The Hall–Kier alpha value is -3.19. The fourth-order valence-electron chi connectivity index (χ4n) is 3.22. The molecular formula is C21H22N4O3. The van der Waals surface area contributed by atoms with Crippen molar-refractivity contribution in [3.63, 3.8) is 0 Å². The molecule has 1 aliphatic rings. The maximum absolute atomic E-state index is 13.0. The van der Waals surface area contributed by atoms with Crippen molar-refractivity contribution in [2.24, 2.45) is 0 Å². The number of hydrogen-bond donors (Lipinski definition) is 0. The van der Waals surface area contributed by atoms with Crippen molar-refractivity contribution in [1.29, 1.82) is 0 Å². The van der Waals surface area contributed by atoms with Crippen LogP contribution in [0.4, 0.5) is 0 Å². The van der Waals surface area contributed by atoms with Gasteiger partial charge in [0, 0.05) is 49.4 Å². The summed E-state index contributed by atoms with van der Waals surface area (Å²) in [7, 11) is 1.58. The van der Waals surface area contributed by atoms with Gasteiger partial charge in [0.2, 0.25) is 5.88 Å². The highest BCUT2D eigenvalue weighted by atomic mass is 16.5. The summed E-state index contributed by atoms with van der Waals surface area (Å²) in [5.74, 6) is 1.11. The standard InChI is InChI=1S/C21H22N4O3/c1-27-19-9-8-16(14-22-19)20-23-18(15-25(20)17-6-3-2-4-7-17)21(26)24-10-5-12-28-13-11-24/h2-4,6-9,14-15H,5,10-13H2,1H3. The fraction of sp³-hybridized carbons (Fsp3) is 0.286. The van der Waals surface area contributed by atoms with Crippen LogP contribution in [-0.2, 0) is 4.74 Å². The van der Waals surface area contributed by atoms with Gasteiger partial charge in [0.25, 0.3) is 5.91 Å². The molecule has 1 saturated heterocycles. The zero-order valence-electron chi connectivity index (χ0n) is 15.7. The lowest BCUT2D eigenvalue weighted by Crippen LogP contribution is -2.33. The lowest BCUT2D eigenvalue weighted by molar-refractivity contribution is 0.0736. The molecule has 1 amide bonds. The normalized spacial score (nSPS) is 14.5. The molecule has 3 heterocycles. The van der Waals surface area contributed by atoms with Gasteiger partial charge >= 0.3 is 0 Å². The Morgan fingerprint density at radius 2 is 1.96 bits per heavy atom. The molecule has 7 heteroatoms. The van der Waals surface area contributed by atoms with Crippen LogP contribution in [0.2, 0.25) is 0 Å². The number of amides is 1. The molecule has 144 valence electrons. The molecule has 3 aromatic rings. The number of aromatic nitrogens is 3. The van der Waals surface area contributed by atoms with Crippen LogP contribution < -0.4 is 4.74 Å². The molecule has 2 aromatic heterocycles. The molecule has 7 nitrogen and oxygen atoms in total.